The van der Waals surface area contributed by atoms with Crippen LogP contribution in [0, 0.1) is 0 Å². The van der Waals surface area contributed by atoms with Crippen molar-refractivity contribution in [3.63, 3.8) is 0 Å². The first-order valence-electron chi connectivity index (χ1n) is 13.4. The van der Waals surface area contributed by atoms with Crippen LogP contribution in [0.3, 0.4) is 0 Å². The second-order valence-corrected chi connectivity index (χ2v) is 11.7. The normalized spacial score (nSPS) is 13.5. The molecule has 0 saturated carbocycles. The summed E-state index contributed by atoms with van der Waals surface area (Å²) < 4.78 is 7.65. The lowest BCUT2D eigenvalue weighted by molar-refractivity contribution is 1.08. The van der Waals surface area contributed by atoms with E-state index in [1.807, 2.05) is 11.3 Å². The first kappa shape index (κ1) is 20.3. The molecule has 3 nitrogen and oxygen atoms in total. The van der Waals surface area contributed by atoms with Gasteiger partial charge < -0.3 is 13.8 Å². The van der Waals surface area contributed by atoms with Gasteiger partial charge in [0.05, 0.1) is 11.2 Å². The van der Waals surface area contributed by atoms with Gasteiger partial charge in [-0.2, -0.15) is 0 Å². The summed E-state index contributed by atoms with van der Waals surface area (Å²) in [6.45, 7) is 0. The smallest absolute Gasteiger partial charge is 0.351 e. The van der Waals surface area contributed by atoms with Gasteiger partial charge in [0, 0.05) is 53.4 Å². The topological polar surface area (TPSA) is 13.1 Å². The Morgan fingerprint density at radius 1 is 0.564 bits per heavy atom. The second-order valence-electron chi connectivity index (χ2n) is 10.6. The number of hydrogen-bond acceptors (Lipinski definition) is 2. The maximum absolute atomic E-state index is 2.54. The molecular formula is C34H20BN3S. The third kappa shape index (κ3) is 2.45. The van der Waals surface area contributed by atoms with Gasteiger partial charge in [0.1, 0.15) is 0 Å². The van der Waals surface area contributed by atoms with Crippen LogP contribution in [-0.2, 0) is 0 Å². The fourth-order valence-corrected chi connectivity index (χ4v) is 8.16. The zero-order chi connectivity index (χ0) is 25.2. The van der Waals surface area contributed by atoms with Crippen molar-refractivity contribution >= 4 is 71.8 Å². The van der Waals surface area contributed by atoms with Gasteiger partial charge in [0.2, 0.25) is 0 Å². The van der Waals surface area contributed by atoms with Crippen LogP contribution in [0.1, 0.15) is 0 Å². The Morgan fingerprint density at radius 3 is 2.33 bits per heavy atom. The molecule has 5 aromatic carbocycles. The minimum atomic E-state index is 0.0286. The molecule has 0 fully saturated rings. The number of thiophene rings is 1. The van der Waals surface area contributed by atoms with E-state index in [1.54, 1.807) is 0 Å². The molecule has 0 unspecified atom stereocenters. The molecule has 2 aliphatic heterocycles. The van der Waals surface area contributed by atoms with E-state index in [2.05, 4.69) is 135 Å². The summed E-state index contributed by atoms with van der Waals surface area (Å²) in [5.74, 6) is 0. The summed E-state index contributed by atoms with van der Waals surface area (Å²) >= 11 is 1.87. The van der Waals surface area contributed by atoms with E-state index < -0.39 is 0 Å². The molecule has 0 atom stereocenters. The first-order chi connectivity index (χ1) is 19.3. The minimum Gasteiger partial charge on any atom is -0.351 e. The zero-order valence-corrected chi connectivity index (χ0v) is 21.7. The summed E-state index contributed by atoms with van der Waals surface area (Å²) in [5.41, 5.74) is 10.2. The molecule has 39 heavy (non-hydrogen) atoms. The lowest BCUT2D eigenvalue weighted by atomic mass is 9.83. The number of fused-ring (bicyclic) bond motifs is 14. The van der Waals surface area contributed by atoms with Crippen molar-refractivity contribution in [2.45, 2.75) is 0 Å². The van der Waals surface area contributed by atoms with E-state index in [0.29, 0.717) is 0 Å². The Bertz CT molecular complexity index is 2320. The number of anilines is 2. The molecule has 0 spiro atoms. The van der Waals surface area contributed by atoms with Crippen molar-refractivity contribution in [1.29, 1.82) is 0 Å². The molecule has 5 heterocycles. The number of para-hydroxylation sites is 2. The number of hydrogen-bond donors (Lipinski definition) is 0. The summed E-state index contributed by atoms with van der Waals surface area (Å²) in [5, 5.41) is 5.30. The predicted octanol–water partition coefficient (Wildman–Crippen LogP) is 9.14. The number of nitrogens with zero attached hydrogens (tertiary/aromatic N) is 3. The molecule has 0 amide bonds. The largest absolute Gasteiger partial charge is 0.518 e. The number of rotatable bonds is 1. The molecule has 0 saturated heterocycles. The van der Waals surface area contributed by atoms with Gasteiger partial charge in [-0.25, -0.2) is 0 Å². The highest BCUT2D eigenvalue weighted by molar-refractivity contribution is 7.25. The van der Waals surface area contributed by atoms with Gasteiger partial charge in [-0.05, 0) is 71.9 Å². The molecule has 5 heteroatoms. The first-order valence-corrected chi connectivity index (χ1v) is 14.2. The molecule has 8 aromatic rings. The second kappa shape index (κ2) is 7.01. The summed E-state index contributed by atoms with van der Waals surface area (Å²) in [6.07, 6.45) is 2.23. The fraction of sp³-hybridized carbons (Fsp3) is 0. The average Bonchev–Trinajstić information content (AvgIpc) is 3.76. The molecule has 180 valence electrons. The Hall–Kier alpha value is -4.74. The molecule has 2 aliphatic rings. The molecular weight excluding hydrogens is 493 g/mol. The SMILES string of the molecule is c1ccc2c(c1)-c1cccn1B1N2c2cc(-c3ccc4sc5ccccc5c4c3)cc3c4ccccc4n1c23. The molecule has 0 radical (unpaired) electrons. The van der Waals surface area contributed by atoms with Crippen molar-refractivity contribution in [3.8, 4) is 22.4 Å². The summed E-state index contributed by atoms with van der Waals surface area (Å²) in [6, 6.07) is 42.7. The highest BCUT2D eigenvalue weighted by Gasteiger charge is 2.45. The van der Waals surface area contributed by atoms with Gasteiger partial charge in [0.15, 0.2) is 0 Å². The Morgan fingerprint density at radius 2 is 1.36 bits per heavy atom. The van der Waals surface area contributed by atoms with Gasteiger partial charge in [-0.1, -0.05) is 60.7 Å². The zero-order valence-electron chi connectivity index (χ0n) is 20.9. The van der Waals surface area contributed by atoms with Gasteiger partial charge >= 0.3 is 7.12 Å². The van der Waals surface area contributed by atoms with Crippen LogP contribution in [0.2, 0.25) is 0 Å². The number of aromatic nitrogens is 2. The lowest BCUT2D eigenvalue weighted by Gasteiger charge is -2.34. The van der Waals surface area contributed by atoms with E-state index in [0.717, 1.165) is 0 Å². The van der Waals surface area contributed by atoms with E-state index in [-0.39, 0.29) is 7.12 Å². The van der Waals surface area contributed by atoms with Gasteiger partial charge in [0.25, 0.3) is 0 Å². The summed E-state index contributed by atoms with van der Waals surface area (Å²) in [4.78, 5) is 2.54. The van der Waals surface area contributed by atoms with Crippen molar-refractivity contribution in [1.82, 2.24) is 8.96 Å². The van der Waals surface area contributed by atoms with Gasteiger partial charge in [-0.15, -0.1) is 11.3 Å². The van der Waals surface area contributed by atoms with Crippen molar-refractivity contribution in [2.24, 2.45) is 0 Å². The molecule has 10 rings (SSSR count). The molecule has 0 N–H and O–H groups in total. The van der Waals surface area contributed by atoms with Crippen molar-refractivity contribution < 1.29 is 0 Å². The van der Waals surface area contributed by atoms with Gasteiger partial charge in [-0.3, -0.25) is 0 Å². The summed E-state index contributed by atoms with van der Waals surface area (Å²) in [7, 11) is 0.0286. The van der Waals surface area contributed by atoms with Crippen LogP contribution in [0.4, 0.5) is 11.4 Å². The quantitative estimate of drug-likeness (QED) is 0.200. The maximum atomic E-state index is 2.54. The van der Waals surface area contributed by atoms with E-state index >= 15 is 0 Å². The van der Waals surface area contributed by atoms with E-state index in [4.69, 9.17) is 0 Å². The Balaban J connectivity index is 1.31. The average molecular weight is 513 g/mol. The Kier molecular flexibility index (Phi) is 3.64. The van der Waals surface area contributed by atoms with E-state index in [1.165, 1.54) is 75.7 Å². The molecule has 0 aliphatic carbocycles. The standard InChI is InChI=1S/C34H20BN3S/c1-4-11-29-23(8-1)27-19-22(21-15-16-33-26(18-21)24-9-3-6-14-32(24)39-33)20-31-34(27)38(29)35-36-17-7-13-28(36)25-10-2-5-12-30(25)37(31)35/h1-20H. The van der Waals surface area contributed by atoms with Crippen LogP contribution in [-0.4, -0.2) is 16.1 Å². The minimum absolute atomic E-state index is 0.0286. The Labute approximate surface area is 228 Å². The molecule has 0 bridgehead atoms. The van der Waals surface area contributed by atoms with E-state index in [9.17, 15) is 0 Å². The van der Waals surface area contributed by atoms with Crippen molar-refractivity contribution in [3.05, 3.63) is 121 Å². The van der Waals surface area contributed by atoms with Crippen LogP contribution in [0.25, 0.3) is 64.4 Å². The lowest BCUT2D eigenvalue weighted by Crippen LogP contribution is -2.47. The van der Waals surface area contributed by atoms with Crippen molar-refractivity contribution in [2.75, 3.05) is 4.81 Å². The fourth-order valence-electron chi connectivity index (χ4n) is 7.07. The van der Waals surface area contributed by atoms with Crippen LogP contribution in [0.15, 0.2) is 121 Å². The maximum Gasteiger partial charge on any atom is 0.518 e. The third-order valence-corrected chi connectivity index (χ3v) is 9.84. The predicted molar refractivity (Wildman–Crippen MR) is 166 cm³/mol. The van der Waals surface area contributed by atoms with Crippen LogP contribution in [0.5, 0.6) is 0 Å². The highest BCUT2D eigenvalue weighted by Crippen LogP contribution is 2.51. The monoisotopic (exact) mass is 513 g/mol. The number of benzene rings is 5. The molecule has 3 aromatic heterocycles. The van der Waals surface area contributed by atoms with Crippen LogP contribution >= 0.6 is 11.3 Å². The highest BCUT2D eigenvalue weighted by atomic mass is 32.1. The third-order valence-electron chi connectivity index (χ3n) is 8.68. The van der Waals surface area contributed by atoms with Crippen LogP contribution < -0.4 is 4.81 Å².